The second-order valence-electron chi connectivity index (χ2n) is 6.36. The van der Waals surface area contributed by atoms with Crippen molar-refractivity contribution in [1.29, 1.82) is 0 Å². The van der Waals surface area contributed by atoms with Crippen LogP contribution in [0.2, 0.25) is 0 Å². The molecule has 0 aromatic carbocycles. The molecule has 0 amide bonds. The molecule has 0 bridgehead atoms. The predicted octanol–water partition coefficient (Wildman–Crippen LogP) is 2.42. The second-order valence-corrected chi connectivity index (χ2v) is 8.34. The Bertz CT molecular complexity index is 601. The van der Waals surface area contributed by atoms with E-state index < -0.39 is 10.0 Å². The summed E-state index contributed by atoms with van der Waals surface area (Å²) < 4.78 is 32.7. The first-order valence-electron chi connectivity index (χ1n) is 7.52. The molecule has 0 spiro atoms. The fourth-order valence-corrected chi connectivity index (χ4v) is 4.29. The van der Waals surface area contributed by atoms with Gasteiger partial charge in [-0.05, 0) is 32.6 Å². The van der Waals surface area contributed by atoms with Gasteiger partial charge in [-0.25, -0.2) is 12.7 Å². The Labute approximate surface area is 127 Å². The lowest BCUT2D eigenvalue weighted by Crippen LogP contribution is -2.31. The molecule has 1 saturated carbocycles. The number of nitrogens with zero attached hydrogens (tertiary/aromatic N) is 1. The SMILES string of the molecule is Cc1oc(C)c(S(=O)(=O)N(C)CC(C)C)c1CNC1CC1. The van der Waals surface area contributed by atoms with E-state index in [1.807, 2.05) is 20.8 Å². The zero-order chi connectivity index (χ0) is 15.8. The van der Waals surface area contributed by atoms with Crippen LogP contribution in [0, 0.1) is 19.8 Å². The van der Waals surface area contributed by atoms with Gasteiger partial charge in [0.25, 0.3) is 0 Å². The molecule has 1 N–H and O–H groups in total. The first-order chi connectivity index (χ1) is 9.73. The van der Waals surface area contributed by atoms with Crippen molar-refractivity contribution in [2.45, 2.75) is 58.0 Å². The van der Waals surface area contributed by atoms with Crippen molar-refractivity contribution in [3.8, 4) is 0 Å². The summed E-state index contributed by atoms with van der Waals surface area (Å²) in [5.74, 6) is 1.46. The Morgan fingerprint density at radius 2 is 1.90 bits per heavy atom. The largest absolute Gasteiger partial charge is 0.465 e. The van der Waals surface area contributed by atoms with Gasteiger partial charge in [-0.15, -0.1) is 0 Å². The monoisotopic (exact) mass is 314 g/mol. The maximum atomic E-state index is 12.8. The van der Waals surface area contributed by atoms with Crippen molar-refractivity contribution in [3.05, 3.63) is 17.1 Å². The summed E-state index contributed by atoms with van der Waals surface area (Å²) in [4.78, 5) is 0.344. The molecule has 1 aromatic rings. The van der Waals surface area contributed by atoms with E-state index in [1.54, 1.807) is 14.0 Å². The van der Waals surface area contributed by atoms with Gasteiger partial charge in [0.1, 0.15) is 16.4 Å². The van der Waals surface area contributed by atoms with Crippen LogP contribution in [0.5, 0.6) is 0 Å². The van der Waals surface area contributed by atoms with Gasteiger partial charge in [0.15, 0.2) is 0 Å². The fraction of sp³-hybridized carbons (Fsp3) is 0.733. The third kappa shape index (κ3) is 3.67. The predicted molar refractivity (Wildman–Crippen MR) is 82.7 cm³/mol. The number of rotatable bonds is 7. The molecule has 0 atom stereocenters. The quantitative estimate of drug-likeness (QED) is 0.839. The van der Waals surface area contributed by atoms with E-state index in [0.717, 1.165) is 5.56 Å². The van der Waals surface area contributed by atoms with Crippen LogP contribution in [0.4, 0.5) is 0 Å². The van der Waals surface area contributed by atoms with Crippen molar-refractivity contribution < 1.29 is 12.8 Å². The average molecular weight is 314 g/mol. The zero-order valence-electron chi connectivity index (χ0n) is 13.6. The Kier molecular flexibility index (Phi) is 4.80. The summed E-state index contributed by atoms with van der Waals surface area (Å²) >= 11 is 0. The molecule has 1 fully saturated rings. The molecule has 1 heterocycles. The number of hydrogen-bond acceptors (Lipinski definition) is 4. The second kappa shape index (κ2) is 6.10. The molecule has 5 nitrogen and oxygen atoms in total. The van der Waals surface area contributed by atoms with E-state index in [2.05, 4.69) is 5.32 Å². The van der Waals surface area contributed by atoms with E-state index in [0.29, 0.717) is 35.5 Å². The number of hydrogen-bond donors (Lipinski definition) is 1. The number of furan rings is 1. The standard InChI is InChI=1S/C15H26N2O3S/c1-10(2)9-17(5)21(18,19)15-12(4)20-11(3)14(15)8-16-13-6-7-13/h10,13,16H,6-9H2,1-5H3. The molecule has 1 aliphatic carbocycles. The van der Waals surface area contributed by atoms with Crippen LogP contribution in [0.3, 0.4) is 0 Å². The molecule has 0 saturated heterocycles. The van der Waals surface area contributed by atoms with Crippen molar-refractivity contribution in [1.82, 2.24) is 9.62 Å². The van der Waals surface area contributed by atoms with E-state index in [1.165, 1.54) is 17.1 Å². The molecule has 0 radical (unpaired) electrons. The topological polar surface area (TPSA) is 62.6 Å². The molecule has 2 rings (SSSR count). The van der Waals surface area contributed by atoms with Gasteiger partial charge in [0.2, 0.25) is 10.0 Å². The number of nitrogens with one attached hydrogen (secondary N) is 1. The Hall–Kier alpha value is -0.850. The minimum atomic E-state index is -3.50. The van der Waals surface area contributed by atoms with Crippen LogP contribution < -0.4 is 5.32 Å². The van der Waals surface area contributed by atoms with Gasteiger partial charge >= 0.3 is 0 Å². The van der Waals surface area contributed by atoms with Crippen LogP contribution in [-0.4, -0.2) is 32.4 Å². The molecular weight excluding hydrogens is 288 g/mol. The zero-order valence-corrected chi connectivity index (χ0v) is 14.4. The van der Waals surface area contributed by atoms with Crippen molar-refractivity contribution in [2.24, 2.45) is 5.92 Å². The average Bonchev–Trinajstić information content (AvgIpc) is 3.11. The van der Waals surface area contributed by atoms with Crippen LogP contribution in [0.25, 0.3) is 0 Å². The highest BCUT2D eigenvalue weighted by molar-refractivity contribution is 7.89. The first-order valence-corrected chi connectivity index (χ1v) is 8.96. The van der Waals surface area contributed by atoms with Crippen LogP contribution in [-0.2, 0) is 16.6 Å². The highest BCUT2D eigenvalue weighted by Crippen LogP contribution is 2.30. The highest BCUT2D eigenvalue weighted by atomic mass is 32.2. The normalized spacial score (nSPS) is 16.1. The summed E-state index contributed by atoms with van der Waals surface area (Å²) in [5, 5.41) is 3.38. The Balaban J connectivity index is 2.31. The van der Waals surface area contributed by atoms with Gasteiger partial charge in [-0.3, -0.25) is 0 Å². The first kappa shape index (κ1) is 16.5. The van der Waals surface area contributed by atoms with Gasteiger partial charge in [-0.1, -0.05) is 13.8 Å². The maximum absolute atomic E-state index is 12.8. The minimum Gasteiger partial charge on any atom is -0.465 e. The van der Waals surface area contributed by atoms with E-state index in [4.69, 9.17) is 4.42 Å². The van der Waals surface area contributed by atoms with Crippen molar-refractivity contribution in [3.63, 3.8) is 0 Å². The lowest BCUT2D eigenvalue weighted by molar-refractivity contribution is 0.414. The third-order valence-electron chi connectivity index (χ3n) is 3.76. The van der Waals surface area contributed by atoms with Crippen molar-refractivity contribution >= 4 is 10.0 Å². The van der Waals surface area contributed by atoms with Gasteiger partial charge in [0.05, 0.1) is 0 Å². The molecule has 0 unspecified atom stereocenters. The number of sulfonamides is 1. The summed E-state index contributed by atoms with van der Waals surface area (Å²) in [6, 6.07) is 0.531. The number of aryl methyl sites for hydroxylation is 2. The van der Waals surface area contributed by atoms with Crippen LogP contribution >= 0.6 is 0 Å². The lowest BCUT2D eigenvalue weighted by Gasteiger charge is -2.19. The maximum Gasteiger partial charge on any atom is 0.246 e. The van der Waals surface area contributed by atoms with Gasteiger partial charge in [-0.2, -0.15) is 0 Å². The summed E-state index contributed by atoms with van der Waals surface area (Å²) in [7, 11) is -1.87. The molecule has 1 aromatic heterocycles. The Morgan fingerprint density at radius 3 is 2.43 bits per heavy atom. The van der Waals surface area contributed by atoms with E-state index >= 15 is 0 Å². The summed E-state index contributed by atoms with van der Waals surface area (Å²) in [6.07, 6.45) is 2.34. The minimum absolute atomic E-state index is 0.283. The molecule has 21 heavy (non-hydrogen) atoms. The highest BCUT2D eigenvalue weighted by Gasteiger charge is 2.31. The third-order valence-corrected chi connectivity index (χ3v) is 5.78. The molecule has 1 aliphatic rings. The fourth-order valence-electron chi connectivity index (χ4n) is 2.55. The van der Waals surface area contributed by atoms with Crippen molar-refractivity contribution in [2.75, 3.05) is 13.6 Å². The Morgan fingerprint density at radius 1 is 1.29 bits per heavy atom. The molecular formula is C15H26N2O3S. The smallest absolute Gasteiger partial charge is 0.246 e. The van der Waals surface area contributed by atoms with Crippen LogP contribution in [0.15, 0.2) is 9.31 Å². The van der Waals surface area contributed by atoms with E-state index in [9.17, 15) is 8.42 Å². The van der Waals surface area contributed by atoms with Crippen LogP contribution in [0.1, 0.15) is 43.8 Å². The molecule has 120 valence electrons. The molecule has 6 heteroatoms. The lowest BCUT2D eigenvalue weighted by atomic mass is 10.2. The van der Waals surface area contributed by atoms with Gasteiger partial charge in [0, 0.05) is 31.7 Å². The molecule has 0 aliphatic heterocycles. The summed E-state index contributed by atoms with van der Waals surface area (Å²) in [6.45, 7) is 8.63. The van der Waals surface area contributed by atoms with E-state index in [-0.39, 0.29) is 5.92 Å². The van der Waals surface area contributed by atoms with Gasteiger partial charge < -0.3 is 9.73 Å². The summed E-state index contributed by atoms with van der Waals surface area (Å²) in [5.41, 5.74) is 0.773.